The van der Waals surface area contributed by atoms with Gasteiger partial charge < -0.3 is 0 Å². The zero-order chi connectivity index (χ0) is 8.69. The molecule has 0 fully saturated rings. The molecule has 0 rings (SSSR count). The van der Waals surface area contributed by atoms with Gasteiger partial charge in [0, 0.05) is 0 Å². The van der Waals surface area contributed by atoms with Crippen LogP contribution in [0.5, 0.6) is 0 Å². The monoisotopic (exact) mass is 147 g/mol. The molecule has 1 nitrogen and oxygen atoms in total. The Morgan fingerprint density at radius 2 is 2.18 bits per heavy atom. The fourth-order valence-electron chi connectivity index (χ4n) is 0.798. The number of allylic oxidation sites excluding steroid dienone is 5. The van der Waals surface area contributed by atoms with Crippen molar-refractivity contribution >= 4 is 0 Å². The highest BCUT2D eigenvalue weighted by Gasteiger charge is 1.86. The van der Waals surface area contributed by atoms with Gasteiger partial charge >= 0.3 is 0 Å². The molecule has 0 unspecified atom stereocenters. The van der Waals surface area contributed by atoms with Crippen molar-refractivity contribution in [3.05, 3.63) is 36.0 Å². The van der Waals surface area contributed by atoms with E-state index in [0.29, 0.717) is 6.42 Å². The van der Waals surface area contributed by atoms with E-state index in [1.165, 1.54) is 0 Å². The summed E-state index contributed by atoms with van der Waals surface area (Å²) >= 11 is 0. The molecule has 0 bridgehead atoms. The van der Waals surface area contributed by atoms with Gasteiger partial charge in [-0.05, 0) is 13.8 Å². The molecule has 0 spiro atoms. The summed E-state index contributed by atoms with van der Waals surface area (Å²) < 4.78 is 0. The Morgan fingerprint density at radius 3 is 2.64 bits per heavy atom. The van der Waals surface area contributed by atoms with Crippen molar-refractivity contribution < 1.29 is 0 Å². The van der Waals surface area contributed by atoms with E-state index in [9.17, 15) is 0 Å². The van der Waals surface area contributed by atoms with E-state index in [1.807, 2.05) is 26.0 Å². The van der Waals surface area contributed by atoms with Gasteiger partial charge in [-0.1, -0.05) is 36.0 Å². The third kappa shape index (κ3) is 5.17. The first kappa shape index (κ1) is 9.71. The summed E-state index contributed by atoms with van der Waals surface area (Å²) in [6.07, 6.45) is 6.15. The fourth-order valence-corrected chi connectivity index (χ4v) is 0.798. The second-order valence-electron chi connectivity index (χ2n) is 2.47. The van der Waals surface area contributed by atoms with Crippen LogP contribution in [0.2, 0.25) is 0 Å². The molecular formula is C10H13N. The highest BCUT2D eigenvalue weighted by Crippen LogP contribution is 2.04. The molecule has 0 saturated heterocycles. The van der Waals surface area contributed by atoms with Gasteiger partial charge in [0.2, 0.25) is 0 Å². The quantitative estimate of drug-likeness (QED) is 0.563. The van der Waals surface area contributed by atoms with Crippen LogP contribution in [0.1, 0.15) is 20.3 Å². The molecule has 1 heteroatoms. The second-order valence-corrected chi connectivity index (χ2v) is 2.47. The van der Waals surface area contributed by atoms with E-state index in [1.54, 1.807) is 6.08 Å². The van der Waals surface area contributed by atoms with Gasteiger partial charge in [-0.3, -0.25) is 0 Å². The Morgan fingerprint density at radius 1 is 1.55 bits per heavy atom. The van der Waals surface area contributed by atoms with E-state index in [-0.39, 0.29) is 0 Å². The Hall–Kier alpha value is -1.29. The van der Waals surface area contributed by atoms with E-state index in [4.69, 9.17) is 5.26 Å². The topological polar surface area (TPSA) is 23.8 Å². The smallest absolute Gasteiger partial charge is 0.0666 e. The van der Waals surface area contributed by atoms with Gasteiger partial charge in [0.15, 0.2) is 0 Å². The average Bonchev–Trinajstić information content (AvgIpc) is 1.87. The van der Waals surface area contributed by atoms with Crippen molar-refractivity contribution in [2.75, 3.05) is 0 Å². The molecule has 11 heavy (non-hydrogen) atoms. The first-order chi connectivity index (χ1) is 5.20. The minimum Gasteiger partial charge on any atom is -0.198 e. The maximum atomic E-state index is 8.35. The van der Waals surface area contributed by atoms with E-state index in [2.05, 4.69) is 12.6 Å². The van der Waals surface area contributed by atoms with E-state index in [0.717, 1.165) is 11.1 Å². The fraction of sp³-hybridized carbons (Fsp3) is 0.300. The molecule has 0 atom stereocenters. The van der Waals surface area contributed by atoms with Crippen LogP contribution in [-0.4, -0.2) is 0 Å². The normalized spacial score (nSPS) is 12.5. The summed E-state index contributed by atoms with van der Waals surface area (Å²) in [5, 5.41) is 8.35. The molecule has 0 aromatic rings. The van der Waals surface area contributed by atoms with Crippen molar-refractivity contribution in [2.24, 2.45) is 0 Å². The minimum absolute atomic E-state index is 0.502. The summed E-state index contributed by atoms with van der Waals surface area (Å²) in [6.45, 7) is 7.52. The number of nitrogens with zero attached hydrogens (tertiary/aromatic N) is 1. The Kier molecular flexibility index (Phi) is 4.85. The van der Waals surface area contributed by atoms with Gasteiger partial charge in [-0.2, -0.15) is 5.26 Å². The van der Waals surface area contributed by atoms with Crippen LogP contribution in [0.3, 0.4) is 0 Å². The van der Waals surface area contributed by atoms with E-state index >= 15 is 0 Å². The molecule has 0 N–H and O–H groups in total. The highest BCUT2D eigenvalue weighted by atomic mass is 14.2. The third-order valence-corrected chi connectivity index (χ3v) is 1.21. The van der Waals surface area contributed by atoms with Crippen molar-refractivity contribution in [3.8, 4) is 6.07 Å². The van der Waals surface area contributed by atoms with Gasteiger partial charge in [0.1, 0.15) is 0 Å². The minimum atomic E-state index is 0.502. The van der Waals surface area contributed by atoms with Gasteiger partial charge in [0.25, 0.3) is 0 Å². The molecular weight excluding hydrogens is 134 g/mol. The van der Waals surface area contributed by atoms with Crippen molar-refractivity contribution in [1.82, 2.24) is 0 Å². The van der Waals surface area contributed by atoms with Gasteiger partial charge in [0.05, 0.1) is 12.5 Å². The van der Waals surface area contributed by atoms with Crippen LogP contribution in [0.25, 0.3) is 0 Å². The predicted molar refractivity (Wildman–Crippen MR) is 47.9 cm³/mol. The van der Waals surface area contributed by atoms with Crippen LogP contribution < -0.4 is 0 Å². The largest absolute Gasteiger partial charge is 0.198 e. The Balaban J connectivity index is 4.20. The summed E-state index contributed by atoms with van der Waals surface area (Å²) in [6, 6.07) is 2.09. The first-order valence-electron chi connectivity index (χ1n) is 3.54. The summed E-state index contributed by atoms with van der Waals surface area (Å²) in [5.74, 6) is 0. The van der Waals surface area contributed by atoms with Crippen LogP contribution in [0, 0.1) is 11.3 Å². The zero-order valence-electron chi connectivity index (χ0n) is 7.09. The van der Waals surface area contributed by atoms with Gasteiger partial charge in [-0.25, -0.2) is 0 Å². The molecule has 0 amide bonds. The molecule has 0 aliphatic heterocycles. The van der Waals surface area contributed by atoms with E-state index < -0.39 is 0 Å². The van der Waals surface area contributed by atoms with Crippen molar-refractivity contribution in [1.29, 1.82) is 5.26 Å². The molecule has 0 saturated carbocycles. The second kappa shape index (κ2) is 5.49. The maximum absolute atomic E-state index is 8.35. The lowest BCUT2D eigenvalue weighted by atomic mass is 10.1. The number of hydrogen-bond acceptors (Lipinski definition) is 1. The lowest BCUT2D eigenvalue weighted by Gasteiger charge is -1.92. The molecule has 0 aliphatic carbocycles. The van der Waals surface area contributed by atoms with Crippen LogP contribution in [0.4, 0.5) is 0 Å². The van der Waals surface area contributed by atoms with Crippen LogP contribution >= 0.6 is 0 Å². The standard InChI is InChI=1S/C10H13N/c1-4-5-9(2)8-10(3)6-7-11/h4-5,8H,1,6H2,2-3H3/b9-5-,10-8-. The molecule has 0 aliphatic rings. The lowest BCUT2D eigenvalue weighted by molar-refractivity contribution is 1.20. The lowest BCUT2D eigenvalue weighted by Crippen LogP contribution is -1.74. The SMILES string of the molecule is C=C/C=C(C)\C=C(\C)CC#N. The zero-order valence-corrected chi connectivity index (χ0v) is 7.09. The number of rotatable bonds is 3. The third-order valence-electron chi connectivity index (χ3n) is 1.21. The summed E-state index contributed by atoms with van der Waals surface area (Å²) in [7, 11) is 0. The van der Waals surface area contributed by atoms with Gasteiger partial charge in [-0.15, -0.1) is 0 Å². The molecule has 0 aromatic carbocycles. The number of nitriles is 1. The molecule has 58 valence electrons. The molecule has 0 aromatic heterocycles. The maximum Gasteiger partial charge on any atom is 0.0666 e. The average molecular weight is 147 g/mol. The number of hydrogen-bond donors (Lipinski definition) is 0. The summed E-state index contributed by atoms with van der Waals surface area (Å²) in [4.78, 5) is 0. The Bertz CT molecular complexity index is 226. The first-order valence-corrected chi connectivity index (χ1v) is 3.54. The van der Waals surface area contributed by atoms with Crippen molar-refractivity contribution in [3.63, 3.8) is 0 Å². The summed E-state index contributed by atoms with van der Waals surface area (Å²) in [5.41, 5.74) is 2.22. The van der Waals surface area contributed by atoms with Crippen molar-refractivity contribution in [2.45, 2.75) is 20.3 Å². The van der Waals surface area contributed by atoms with Crippen LogP contribution in [-0.2, 0) is 0 Å². The predicted octanol–water partition coefficient (Wildman–Crippen LogP) is 2.98. The molecule has 0 heterocycles. The Labute approximate surface area is 68.3 Å². The molecule has 0 radical (unpaired) electrons. The highest BCUT2D eigenvalue weighted by molar-refractivity contribution is 5.25. The van der Waals surface area contributed by atoms with Crippen LogP contribution in [0.15, 0.2) is 36.0 Å².